The molecule has 3 aromatic rings. The van der Waals surface area contributed by atoms with E-state index in [2.05, 4.69) is 15.1 Å². The first-order chi connectivity index (χ1) is 14.9. The standard InChI is InChI=1S/C22H24N6O3/c1-14-17(15(2)26(3)25-14)20(29)18-19(16-5-7-23-8-6-16)28(22(31)21(18)30)11-4-10-27-12-9-24-13-27/h5-9,12-13,19,29H,4,10-11H2,1-3H3/b20-18+. The minimum atomic E-state index is -0.690. The monoisotopic (exact) mass is 420 g/mol. The third-order valence-electron chi connectivity index (χ3n) is 5.68. The highest BCUT2D eigenvalue weighted by Gasteiger charge is 2.46. The zero-order chi connectivity index (χ0) is 22.1. The predicted molar refractivity (Wildman–Crippen MR) is 113 cm³/mol. The number of rotatable bonds is 6. The Hall–Kier alpha value is -3.75. The zero-order valence-corrected chi connectivity index (χ0v) is 17.7. The normalized spacial score (nSPS) is 18.2. The molecule has 0 radical (unpaired) electrons. The van der Waals surface area contributed by atoms with Gasteiger partial charge in [0.1, 0.15) is 5.76 Å². The molecule has 4 heterocycles. The molecular weight excluding hydrogens is 396 g/mol. The van der Waals surface area contributed by atoms with Crippen molar-refractivity contribution in [2.75, 3.05) is 6.54 Å². The summed E-state index contributed by atoms with van der Waals surface area (Å²) in [6.45, 7) is 4.60. The van der Waals surface area contributed by atoms with Crippen LogP contribution in [0.2, 0.25) is 0 Å². The molecule has 160 valence electrons. The highest BCUT2D eigenvalue weighted by molar-refractivity contribution is 6.46. The van der Waals surface area contributed by atoms with Crippen molar-refractivity contribution in [3.05, 3.63) is 71.3 Å². The van der Waals surface area contributed by atoms with Gasteiger partial charge in [0.2, 0.25) is 0 Å². The van der Waals surface area contributed by atoms with Crippen LogP contribution in [0.15, 0.2) is 48.8 Å². The van der Waals surface area contributed by atoms with Gasteiger partial charge < -0.3 is 14.6 Å². The number of hydrogen-bond donors (Lipinski definition) is 1. The van der Waals surface area contributed by atoms with Gasteiger partial charge in [-0.25, -0.2) is 4.98 Å². The number of ketones is 1. The lowest BCUT2D eigenvalue weighted by molar-refractivity contribution is -0.139. The van der Waals surface area contributed by atoms with Crippen LogP contribution in [-0.2, 0) is 23.2 Å². The highest BCUT2D eigenvalue weighted by Crippen LogP contribution is 2.40. The number of aliphatic hydroxyl groups is 1. The Bertz CT molecular complexity index is 1150. The summed E-state index contributed by atoms with van der Waals surface area (Å²) >= 11 is 0. The molecule has 1 unspecified atom stereocenters. The molecule has 1 amide bonds. The molecule has 1 fully saturated rings. The fourth-order valence-corrected chi connectivity index (χ4v) is 4.10. The van der Waals surface area contributed by atoms with Crippen LogP contribution in [0.25, 0.3) is 5.76 Å². The van der Waals surface area contributed by atoms with Gasteiger partial charge in [0.25, 0.3) is 11.7 Å². The molecule has 1 aliphatic rings. The van der Waals surface area contributed by atoms with Crippen LogP contribution >= 0.6 is 0 Å². The van der Waals surface area contributed by atoms with Crippen LogP contribution in [0.3, 0.4) is 0 Å². The molecule has 1 atom stereocenters. The number of aromatic nitrogens is 5. The number of amides is 1. The second kappa shape index (κ2) is 8.17. The fraction of sp³-hybridized carbons (Fsp3) is 0.318. The van der Waals surface area contributed by atoms with Gasteiger partial charge in [-0.2, -0.15) is 5.10 Å². The molecule has 0 spiro atoms. The van der Waals surface area contributed by atoms with Crippen LogP contribution in [0, 0.1) is 13.8 Å². The Morgan fingerprint density at radius 1 is 1.10 bits per heavy atom. The fourth-order valence-electron chi connectivity index (χ4n) is 4.10. The molecule has 4 rings (SSSR count). The minimum Gasteiger partial charge on any atom is -0.507 e. The molecule has 9 heteroatoms. The van der Waals surface area contributed by atoms with Crippen molar-refractivity contribution >= 4 is 17.4 Å². The zero-order valence-electron chi connectivity index (χ0n) is 17.7. The number of pyridine rings is 1. The number of Topliss-reactive ketones (excluding diaryl/α,β-unsaturated/α-hetero) is 1. The first-order valence-corrected chi connectivity index (χ1v) is 10.0. The van der Waals surface area contributed by atoms with Crippen LogP contribution < -0.4 is 0 Å². The van der Waals surface area contributed by atoms with E-state index in [9.17, 15) is 14.7 Å². The van der Waals surface area contributed by atoms with Crippen molar-refractivity contribution < 1.29 is 14.7 Å². The number of carbonyl (C=O) groups is 2. The first-order valence-electron chi connectivity index (χ1n) is 10.0. The van der Waals surface area contributed by atoms with Crippen molar-refractivity contribution in [1.29, 1.82) is 0 Å². The van der Waals surface area contributed by atoms with Gasteiger partial charge in [-0.1, -0.05) is 0 Å². The van der Waals surface area contributed by atoms with Gasteiger partial charge >= 0.3 is 0 Å². The van der Waals surface area contributed by atoms with Crippen LogP contribution in [0.5, 0.6) is 0 Å². The van der Waals surface area contributed by atoms with E-state index in [4.69, 9.17) is 0 Å². The SMILES string of the molecule is Cc1nn(C)c(C)c1/C(O)=C1\C(=O)C(=O)N(CCCn2ccnc2)C1c1ccncc1. The van der Waals surface area contributed by atoms with E-state index in [1.165, 1.54) is 4.90 Å². The maximum absolute atomic E-state index is 13.1. The molecule has 31 heavy (non-hydrogen) atoms. The van der Waals surface area contributed by atoms with E-state index in [-0.39, 0.29) is 11.3 Å². The summed E-state index contributed by atoms with van der Waals surface area (Å²) in [4.78, 5) is 35.6. The van der Waals surface area contributed by atoms with Gasteiger partial charge in [-0.3, -0.25) is 19.3 Å². The molecule has 9 nitrogen and oxygen atoms in total. The third-order valence-corrected chi connectivity index (χ3v) is 5.68. The van der Waals surface area contributed by atoms with Crippen LogP contribution in [0.4, 0.5) is 0 Å². The second-order valence-electron chi connectivity index (χ2n) is 7.60. The lowest BCUT2D eigenvalue weighted by atomic mass is 9.95. The number of likely N-dealkylation sites (tertiary alicyclic amines) is 1. The van der Waals surface area contributed by atoms with Crippen molar-refractivity contribution in [2.24, 2.45) is 7.05 Å². The smallest absolute Gasteiger partial charge is 0.295 e. The summed E-state index contributed by atoms with van der Waals surface area (Å²) in [6, 6.07) is 2.83. The topological polar surface area (TPSA) is 106 Å². The number of aryl methyl sites for hydroxylation is 3. The average Bonchev–Trinajstić information content (AvgIpc) is 3.43. The first kappa shape index (κ1) is 20.5. The maximum atomic E-state index is 13.1. The number of carbonyl (C=O) groups excluding carboxylic acids is 2. The van der Waals surface area contributed by atoms with Gasteiger partial charge in [0.05, 0.1) is 29.2 Å². The van der Waals surface area contributed by atoms with Gasteiger partial charge in [-0.15, -0.1) is 0 Å². The molecule has 3 aromatic heterocycles. The summed E-state index contributed by atoms with van der Waals surface area (Å²) in [7, 11) is 1.77. The summed E-state index contributed by atoms with van der Waals surface area (Å²) in [6.07, 6.45) is 9.12. The largest absolute Gasteiger partial charge is 0.507 e. The number of imidazole rings is 1. The number of aliphatic hydroxyl groups excluding tert-OH is 1. The van der Waals surface area contributed by atoms with Crippen molar-refractivity contribution in [3.8, 4) is 0 Å². The van der Waals surface area contributed by atoms with Crippen molar-refractivity contribution in [1.82, 2.24) is 29.2 Å². The lowest BCUT2D eigenvalue weighted by Crippen LogP contribution is -2.31. The molecule has 1 saturated heterocycles. The average molecular weight is 420 g/mol. The summed E-state index contributed by atoms with van der Waals surface area (Å²) in [5, 5.41) is 15.5. The van der Waals surface area contributed by atoms with Crippen LogP contribution in [0.1, 0.15) is 35.0 Å². The van der Waals surface area contributed by atoms with Gasteiger partial charge in [-0.05, 0) is 38.0 Å². The second-order valence-corrected chi connectivity index (χ2v) is 7.60. The van der Waals surface area contributed by atoms with Crippen LogP contribution in [-0.4, -0.2) is 52.6 Å². The molecule has 1 aliphatic heterocycles. The van der Waals surface area contributed by atoms with Crippen molar-refractivity contribution in [2.45, 2.75) is 32.9 Å². The predicted octanol–water partition coefficient (Wildman–Crippen LogP) is 2.14. The minimum absolute atomic E-state index is 0.0815. The molecule has 1 N–H and O–H groups in total. The molecule has 0 aliphatic carbocycles. The van der Waals surface area contributed by atoms with Gasteiger partial charge in [0, 0.05) is 50.6 Å². The number of nitrogens with zero attached hydrogens (tertiary/aromatic N) is 6. The Labute approximate surface area is 179 Å². The van der Waals surface area contributed by atoms with Crippen molar-refractivity contribution in [3.63, 3.8) is 0 Å². The van der Waals surface area contributed by atoms with E-state index in [1.54, 1.807) is 55.7 Å². The highest BCUT2D eigenvalue weighted by atomic mass is 16.3. The molecular formula is C22H24N6O3. The van der Waals surface area contributed by atoms with E-state index in [1.807, 2.05) is 17.7 Å². The van der Waals surface area contributed by atoms with E-state index < -0.39 is 17.7 Å². The number of hydrogen-bond acceptors (Lipinski definition) is 6. The van der Waals surface area contributed by atoms with Gasteiger partial charge in [0.15, 0.2) is 0 Å². The Balaban J connectivity index is 1.76. The Kier molecular flexibility index (Phi) is 5.41. The lowest BCUT2D eigenvalue weighted by Gasteiger charge is -2.25. The molecule has 0 saturated carbocycles. The summed E-state index contributed by atoms with van der Waals surface area (Å²) in [5.41, 5.74) is 2.60. The summed E-state index contributed by atoms with van der Waals surface area (Å²) < 4.78 is 3.56. The van der Waals surface area contributed by atoms with E-state index in [0.717, 1.165) is 11.3 Å². The molecule has 0 aromatic carbocycles. The van der Waals surface area contributed by atoms with E-state index in [0.29, 0.717) is 30.8 Å². The molecule has 0 bridgehead atoms. The Morgan fingerprint density at radius 2 is 1.84 bits per heavy atom. The Morgan fingerprint density at radius 3 is 2.45 bits per heavy atom. The summed E-state index contributed by atoms with van der Waals surface area (Å²) in [5.74, 6) is -1.50. The third kappa shape index (κ3) is 3.63. The maximum Gasteiger partial charge on any atom is 0.295 e. The van der Waals surface area contributed by atoms with E-state index >= 15 is 0 Å². The quantitative estimate of drug-likeness (QED) is 0.372.